The van der Waals surface area contributed by atoms with Gasteiger partial charge in [-0.3, -0.25) is 4.90 Å². The molecule has 3 unspecified atom stereocenters. The molecule has 3 nitrogen and oxygen atoms in total. The Balaban J connectivity index is 1.97. The third kappa shape index (κ3) is 3.48. The number of ether oxygens (including phenoxy) is 1. The Hall–Kier alpha value is -1.06. The van der Waals surface area contributed by atoms with Gasteiger partial charge in [-0.15, -0.1) is 0 Å². The minimum absolute atomic E-state index is 0.314. The number of hydrogen-bond acceptors (Lipinski definition) is 3. The van der Waals surface area contributed by atoms with Crippen LogP contribution in [-0.2, 0) is 0 Å². The molecule has 0 radical (unpaired) electrons. The Kier molecular flexibility index (Phi) is 4.83. The van der Waals surface area contributed by atoms with E-state index < -0.39 is 0 Å². The van der Waals surface area contributed by atoms with E-state index in [9.17, 15) is 0 Å². The maximum Gasteiger partial charge on any atom is 0.119 e. The highest BCUT2D eigenvalue weighted by Crippen LogP contribution is 2.27. The lowest BCUT2D eigenvalue weighted by atomic mass is 10.1. The quantitative estimate of drug-likeness (QED) is 0.887. The highest BCUT2D eigenvalue weighted by molar-refractivity contribution is 5.29. The SMILES string of the molecule is CCCOc1ccc(C(C)N2CC(C)C(N)C2)cc1. The Morgan fingerprint density at radius 3 is 2.53 bits per heavy atom. The van der Waals surface area contributed by atoms with Gasteiger partial charge >= 0.3 is 0 Å². The Bertz CT molecular complexity index is 380. The Morgan fingerprint density at radius 1 is 1.32 bits per heavy atom. The molecule has 106 valence electrons. The number of nitrogens with two attached hydrogens (primary N) is 1. The van der Waals surface area contributed by atoms with Crippen molar-refractivity contribution in [2.75, 3.05) is 19.7 Å². The number of likely N-dealkylation sites (tertiary alicyclic amines) is 1. The predicted octanol–water partition coefficient (Wildman–Crippen LogP) is 2.82. The van der Waals surface area contributed by atoms with E-state index in [1.165, 1.54) is 5.56 Å². The van der Waals surface area contributed by atoms with Crippen LogP contribution in [0.2, 0.25) is 0 Å². The van der Waals surface area contributed by atoms with Gasteiger partial charge in [0.15, 0.2) is 0 Å². The summed E-state index contributed by atoms with van der Waals surface area (Å²) in [7, 11) is 0. The second kappa shape index (κ2) is 6.40. The van der Waals surface area contributed by atoms with Crippen LogP contribution >= 0.6 is 0 Å². The van der Waals surface area contributed by atoms with Crippen LogP contribution in [0.25, 0.3) is 0 Å². The van der Waals surface area contributed by atoms with Crippen molar-refractivity contribution in [3.63, 3.8) is 0 Å². The summed E-state index contributed by atoms with van der Waals surface area (Å²) in [5.74, 6) is 1.55. The van der Waals surface area contributed by atoms with Crippen molar-refractivity contribution in [1.29, 1.82) is 0 Å². The minimum Gasteiger partial charge on any atom is -0.494 e. The summed E-state index contributed by atoms with van der Waals surface area (Å²) in [5, 5.41) is 0. The van der Waals surface area contributed by atoms with Crippen molar-refractivity contribution in [2.24, 2.45) is 11.7 Å². The van der Waals surface area contributed by atoms with E-state index in [0.717, 1.165) is 31.9 Å². The van der Waals surface area contributed by atoms with Crippen molar-refractivity contribution in [3.8, 4) is 5.75 Å². The number of benzene rings is 1. The van der Waals surface area contributed by atoms with Gasteiger partial charge in [0.1, 0.15) is 5.75 Å². The molecule has 0 spiro atoms. The molecule has 0 aliphatic carbocycles. The third-order valence-corrected chi connectivity index (χ3v) is 4.08. The third-order valence-electron chi connectivity index (χ3n) is 4.08. The first-order valence-corrected chi connectivity index (χ1v) is 7.34. The van der Waals surface area contributed by atoms with Gasteiger partial charge in [-0.2, -0.15) is 0 Å². The Morgan fingerprint density at radius 2 is 2.00 bits per heavy atom. The summed E-state index contributed by atoms with van der Waals surface area (Å²) < 4.78 is 5.62. The highest BCUT2D eigenvalue weighted by Gasteiger charge is 2.29. The van der Waals surface area contributed by atoms with Crippen LogP contribution in [0.1, 0.15) is 38.8 Å². The molecular weight excluding hydrogens is 236 g/mol. The monoisotopic (exact) mass is 262 g/mol. The molecule has 2 N–H and O–H groups in total. The number of nitrogens with zero attached hydrogens (tertiary/aromatic N) is 1. The summed E-state index contributed by atoms with van der Waals surface area (Å²) >= 11 is 0. The van der Waals surface area contributed by atoms with Crippen molar-refractivity contribution in [2.45, 2.75) is 39.3 Å². The van der Waals surface area contributed by atoms with Gasteiger partial charge in [-0.25, -0.2) is 0 Å². The van der Waals surface area contributed by atoms with E-state index in [-0.39, 0.29) is 0 Å². The zero-order valence-corrected chi connectivity index (χ0v) is 12.3. The van der Waals surface area contributed by atoms with E-state index in [1.807, 2.05) is 0 Å². The maximum atomic E-state index is 6.10. The van der Waals surface area contributed by atoms with E-state index in [4.69, 9.17) is 10.5 Å². The first-order chi connectivity index (χ1) is 9.11. The van der Waals surface area contributed by atoms with Gasteiger partial charge in [-0.1, -0.05) is 26.0 Å². The molecule has 1 fully saturated rings. The average Bonchev–Trinajstić information content (AvgIpc) is 2.76. The molecule has 1 aromatic carbocycles. The zero-order chi connectivity index (χ0) is 13.8. The molecule has 3 heteroatoms. The summed E-state index contributed by atoms with van der Waals surface area (Å²) in [6, 6.07) is 9.22. The van der Waals surface area contributed by atoms with Crippen LogP contribution in [0.5, 0.6) is 5.75 Å². The maximum absolute atomic E-state index is 6.10. The zero-order valence-electron chi connectivity index (χ0n) is 12.3. The van der Waals surface area contributed by atoms with Gasteiger partial charge in [-0.05, 0) is 37.0 Å². The van der Waals surface area contributed by atoms with Crippen LogP contribution in [0.4, 0.5) is 0 Å². The second-order valence-corrected chi connectivity index (χ2v) is 5.69. The lowest BCUT2D eigenvalue weighted by Crippen LogP contribution is -2.29. The molecule has 1 heterocycles. The normalized spacial score (nSPS) is 25.5. The lowest BCUT2D eigenvalue weighted by Gasteiger charge is -2.24. The van der Waals surface area contributed by atoms with Crippen LogP contribution in [0.15, 0.2) is 24.3 Å². The molecule has 1 aliphatic heterocycles. The van der Waals surface area contributed by atoms with Crippen LogP contribution in [0.3, 0.4) is 0 Å². The molecule has 2 rings (SSSR count). The number of hydrogen-bond donors (Lipinski definition) is 1. The minimum atomic E-state index is 0.314. The van der Waals surface area contributed by atoms with E-state index >= 15 is 0 Å². The molecular formula is C16H26N2O. The largest absolute Gasteiger partial charge is 0.494 e. The predicted molar refractivity (Wildman–Crippen MR) is 79.4 cm³/mol. The van der Waals surface area contributed by atoms with Gasteiger partial charge < -0.3 is 10.5 Å². The molecule has 0 aromatic heterocycles. The fraction of sp³-hybridized carbons (Fsp3) is 0.625. The van der Waals surface area contributed by atoms with Gasteiger partial charge in [0.25, 0.3) is 0 Å². The molecule has 0 amide bonds. The highest BCUT2D eigenvalue weighted by atomic mass is 16.5. The lowest BCUT2D eigenvalue weighted by molar-refractivity contribution is 0.253. The number of rotatable bonds is 5. The Labute approximate surface area is 116 Å². The molecule has 0 saturated carbocycles. The van der Waals surface area contributed by atoms with E-state index in [2.05, 4.69) is 49.9 Å². The first-order valence-electron chi connectivity index (χ1n) is 7.34. The van der Waals surface area contributed by atoms with Gasteiger partial charge in [0.2, 0.25) is 0 Å². The molecule has 19 heavy (non-hydrogen) atoms. The van der Waals surface area contributed by atoms with E-state index in [0.29, 0.717) is 18.0 Å². The molecule has 0 bridgehead atoms. The van der Waals surface area contributed by atoms with E-state index in [1.54, 1.807) is 0 Å². The summed E-state index contributed by atoms with van der Waals surface area (Å²) in [4.78, 5) is 2.47. The first kappa shape index (κ1) is 14.4. The van der Waals surface area contributed by atoms with Crippen LogP contribution < -0.4 is 10.5 Å². The standard InChI is InChI=1S/C16H26N2O/c1-4-9-19-15-7-5-14(6-8-15)13(3)18-10-12(2)16(17)11-18/h5-8,12-13,16H,4,9-11,17H2,1-3H3. The van der Waals surface area contributed by atoms with Gasteiger partial charge in [0.05, 0.1) is 6.61 Å². The van der Waals surface area contributed by atoms with Crippen molar-refractivity contribution < 1.29 is 4.74 Å². The van der Waals surface area contributed by atoms with Crippen LogP contribution in [0, 0.1) is 5.92 Å². The van der Waals surface area contributed by atoms with Gasteiger partial charge in [0, 0.05) is 25.2 Å². The second-order valence-electron chi connectivity index (χ2n) is 5.69. The summed E-state index contributed by atoms with van der Waals surface area (Å²) in [5.41, 5.74) is 7.44. The topological polar surface area (TPSA) is 38.5 Å². The van der Waals surface area contributed by atoms with Crippen molar-refractivity contribution >= 4 is 0 Å². The smallest absolute Gasteiger partial charge is 0.119 e. The molecule has 1 saturated heterocycles. The summed E-state index contributed by atoms with van der Waals surface area (Å²) in [6.45, 7) is 9.49. The summed E-state index contributed by atoms with van der Waals surface area (Å²) in [6.07, 6.45) is 1.04. The molecule has 3 atom stereocenters. The van der Waals surface area contributed by atoms with Crippen molar-refractivity contribution in [3.05, 3.63) is 29.8 Å². The molecule has 1 aliphatic rings. The van der Waals surface area contributed by atoms with Crippen molar-refractivity contribution in [1.82, 2.24) is 4.90 Å². The fourth-order valence-electron chi connectivity index (χ4n) is 2.62. The average molecular weight is 262 g/mol. The fourth-order valence-corrected chi connectivity index (χ4v) is 2.62. The molecule has 1 aromatic rings. The van der Waals surface area contributed by atoms with Crippen LogP contribution in [-0.4, -0.2) is 30.6 Å².